The molecule has 3 heterocycles. The van der Waals surface area contributed by atoms with Crippen LogP contribution >= 0.6 is 15.9 Å². The fourth-order valence-electron chi connectivity index (χ4n) is 3.83. The van der Waals surface area contributed by atoms with E-state index in [1.807, 2.05) is 42.5 Å². The molecular formula is C23H15BrN2O3. The molecule has 29 heavy (non-hydrogen) atoms. The Labute approximate surface area is 174 Å². The van der Waals surface area contributed by atoms with Gasteiger partial charge in [-0.05, 0) is 35.4 Å². The van der Waals surface area contributed by atoms with E-state index in [2.05, 4.69) is 20.9 Å². The van der Waals surface area contributed by atoms with Gasteiger partial charge in [-0.1, -0.05) is 52.3 Å². The molecule has 142 valence electrons. The van der Waals surface area contributed by atoms with Crippen LogP contribution in [0.3, 0.4) is 0 Å². The summed E-state index contributed by atoms with van der Waals surface area (Å²) in [6.45, 7) is 0.329. The van der Waals surface area contributed by atoms with Gasteiger partial charge in [-0.3, -0.25) is 14.6 Å². The van der Waals surface area contributed by atoms with Gasteiger partial charge in [0, 0.05) is 23.4 Å². The van der Waals surface area contributed by atoms with Gasteiger partial charge in [-0.2, -0.15) is 0 Å². The molecule has 0 fully saturated rings. The van der Waals surface area contributed by atoms with Crippen molar-refractivity contribution in [2.45, 2.75) is 12.6 Å². The first-order valence-corrected chi connectivity index (χ1v) is 9.94. The minimum Gasteiger partial charge on any atom is -0.450 e. The minimum absolute atomic E-state index is 0.113. The first-order valence-electron chi connectivity index (χ1n) is 9.14. The van der Waals surface area contributed by atoms with Crippen LogP contribution in [0.4, 0.5) is 0 Å². The largest absolute Gasteiger partial charge is 0.450 e. The Morgan fingerprint density at radius 3 is 2.62 bits per heavy atom. The number of hydrogen-bond acceptors (Lipinski definition) is 4. The third-order valence-electron chi connectivity index (χ3n) is 5.12. The number of nitrogens with zero attached hydrogens (tertiary/aromatic N) is 2. The molecule has 1 aliphatic rings. The number of rotatable bonds is 3. The van der Waals surface area contributed by atoms with Crippen LogP contribution in [0.1, 0.15) is 33.3 Å². The maximum Gasteiger partial charge on any atom is 0.291 e. The third-order valence-corrected chi connectivity index (χ3v) is 5.61. The average Bonchev–Trinajstić information content (AvgIpc) is 3.02. The Morgan fingerprint density at radius 1 is 1.03 bits per heavy atom. The first kappa shape index (κ1) is 17.8. The van der Waals surface area contributed by atoms with Gasteiger partial charge in [-0.15, -0.1) is 0 Å². The third kappa shape index (κ3) is 2.96. The van der Waals surface area contributed by atoms with Crippen molar-refractivity contribution in [1.29, 1.82) is 0 Å². The standard InChI is InChI=1S/C23H15BrN2O3/c24-16-8-9-18-17(11-16)21(27)19-20(15-6-2-1-3-7-15)26(23(28)22(19)29-18)13-14-5-4-10-25-12-14/h1-12,20H,13H2/t20-/m1/s1. The molecular weight excluding hydrogens is 432 g/mol. The van der Waals surface area contributed by atoms with E-state index in [-0.39, 0.29) is 17.1 Å². The predicted octanol–water partition coefficient (Wildman–Crippen LogP) is 4.70. The SMILES string of the molecule is O=C1c2oc3ccc(Br)cc3c(=O)c2[C@@H](c2ccccc2)N1Cc1cccnc1. The van der Waals surface area contributed by atoms with Crippen molar-refractivity contribution >= 4 is 32.8 Å². The number of halogens is 1. The number of aromatic nitrogens is 1. The minimum atomic E-state index is -0.515. The predicted molar refractivity (Wildman–Crippen MR) is 113 cm³/mol. The van der Waals surface area contributed by atoms with Crippen molar-refractivity contribution in [1.82, 2.24) is 9.88 Å². The summed E-state index contributed by atoms with van der Waals surface area (Å²) in [7, 11) is 0. The van der Waals surface area contributed by atoms with E-state index < -0.39 is 6.04 Å². The van der Waals surface area contributed by atoms with Crippen molar-refractivity contribution in [3.05, 3.63) is 110 Å². The number of carbonyl (C=O) groups is 1. The highest BCUT2D eigenvalue weighted by Crippen LogP contribution is 2.39. The quantitative estimate of drug-likeness (QED) is 0.457. The van der Waals surface area contributed by atoms with Crippen molar-refractivity contribution in [3.8, 4) is 0 Å². The molecule has 4 aromatic rings. The van der Waals surface area contributed by atoms with Gasteiger partial charge in [-0.25, -0.2) is 0 Å². The number of hydrogen-bond donors (Lipinski definition) is 0. The second-order valence-electron chi connectivity index (χ2n) is 6.92. The lowest BCUT2D eigenvalue weighted by Gasteiger charge is -2.25. The zero-order valence-electron chi connectivity index (χ0n) is 15.2. The topological polar surface area (TPSA) is 63.4 Å². The Hall–Kier alpha value is -3.25. The number of amides is 1. The molecule has 0 radical (unpaired) electrons. The molecule has 0 bridgehead atoms. The molecule has 1 aliphatic heterocycles. The van der Waals surface area contributed by atoms with Gasteiger partial charge >= 0.3 is 0 Å². The van der Waals surface area contributed by atoms with Crippen LogP contribution in [0.25, 0.3) is 11.0 Å². The van der Waals surface area contributed by atoms with Crippen molar-refractivity contribution in [3.63, 3.8) is 0 Å². The molecule has 0 spiro atoms. The first-order chi connectivity index (χ1) is 14.1. The summed E-state index contributed by atoms with van der Waals surface area (Å²) in [6, 6.07) is 18.0. The number of carbonyl (C=O) groups excluding carboxylic acids is 1. The average molecular weight is 447 g/mol. The van der Waals surface area contributed by atoms with E-state index in [0.29, 0.717) is 23.1 Å². The molecule has 5 rings (SSSR count). The fraction of sp³-hybridized carbons (Fsp3) is 0.0870. The Morgan fingerprint density at radius 2 is 1.86 bits per heavy atom. The van der Waals surface area contributed by atoms with Crippen molar-refractivity contribution in [2.75, 3.05) is 0 Å². The fourth-order valence-corrected chi connectivity index (χ4v) is 4.19. The Kier molecular flexibility index (Phi) is 4.28. The van der Waals surface area contributed by atoms with E-state index in [4.69, 9.17) is 4.42 Å². The molecule has 0 N–H and O–H groups in total. The van der Waals surface area contributed by atoms with Gasteiger partial charge < -0.3 is 9.32 Å². The summed E-state index contributed by atoms with van der Waals surface area (Å²) in [5.41, 5.74) is 2.36. The van der Waals surface area contributed by atoms with Crippen LogP contribution in [0.2, 0.25) is 0 Å². The van der Waals surface area contributed by atoms with Crippen LogP contribution in [-0.2, 0) is 6.54 Å². The van der Waals surface area contributed by atoms with Crippen molar-refractivity contribution in [2.24, 2.45) is 0 Å². The summed E-state index contributed by atoms with van der Waals surface area (Å²) in [6.07, 6.45) is 3.41. The number of benzene rings is 2. The van der Waals surface area contributed by atoms with Crippen LogP contribution in [0.15, 0.2) is 86.7 Å². The number of fused-ring (bicyclic) bond motifs is 2. The Balaban J connectivity index is 1.74. The molecule has 5 nitrogen and oxygen atoms in total. The van der Waals surface area contributed by atoms with Gasteiger partial charge in [0.1, 0.15) is 5.58 Å². The smallest absolute Gasteiger partial charge is 0.291 e. The maximum absolute atomic E-state index is 13.4. The molecule has 0 aliphatic carbocycles. The molecule has 2 aromatic carbocycles. The van der Waals surface area contributed by atoms with Gasteiger partial charge in [0.05, 0.1) is 17.0 Å². The summed E-state index contributed by atoms with van der Waals surface area (Å²) in [5.74, 6) is -0.179. The molecule has 0 saturated carbocycles. The maximum atomic E-state index is 13.4. The summed E-state index contributed by atoms with van der Waals surface area (Å²) >= 11 is 3.41. The van der Waals surface area contributed by atoms with Gasteiger partial charge in [0.25, 0.3) is 5.91 Å². The number of pyridine rings is 1. The summed E-state index contributed by atoms with van der Waals surface area (Å²) in [5, 5.41) is 0.454. The van der Waals surface area contributed by atoms with Crippen LogP contribution < -0.4 is 5.43 Å². The second-order valence-corrected chi connectivity index (χ2v) is 7.84. The van der Waals surface area contributed by atoms with E-state index >= 15 is 0 Å². The van der Waals surface area contributed by atoms with E-state index in [1.165, 1.54) is 0 Å². The molecule has 1 amide bonds. The molecule has 6 heteroatoms. The molecule has 0 unspecified atom stereocenters. The normalized spacial score (nSPS) is 15.7. The van der Waals surface area contributed by atoms with E-state index in [0.717, 1.165) is 15.6 Å². The van der Waals surface area contributed by atoms with E-state index in [9.17, 15) is 9.59 Å². The lowest BCUT2D eigenvalue weighted by Crippen LogP contribution is -2.29. The van der Waals surface area contributed by atoms with Crippen LogP contribution in [0, 0.1) is 0 Å². The zero-order chi connectivity index (χ0) is 20.0. The lowest BCUT2D eigenvalue weighted by molar-refractivity contribution is 0.0714. The molecule has 0 saturated heterocycles. The Bertz CT molecular complexity index is 1290. The summed E-state index contributed by atoms with van der Waals surface area (Å²) in [4.78, 5) is 32.6. The highest BCUT2D eigenvalue weighted by Gasteiger charge is 2.42. The highest BCUT2D eigenvalue weighted by atomic mass is 79.9. The monoisotopic (exact) mass is 446 g/mol. The zero-order valence-corrected chi connectivity index (χ0v) is 16.8. The second kappa shape index (κ2) is 6.97. The summed E-state index contributed by atoms with van der Waals surface area (Å²) < 4.78 is 6.73. The lowest BCUT2D eigenvalue weighted by atomic mass is 9.98. The highest BCUT2D eigenvalue weighted by molar-refractivity contribution is 9.10. The van der Waals surface area contributed by atoms with Crippen LogP contribution in [-0.4, -0.2) is 15.8 Å². The van der Waals surface area contributed by atoms with Gasteiger partial charge in [0.2, 0.25) is 5.76 Å². The molecule has 1 atom stereocenters. The van der Waals surface area contributed by atoms with Gasteiger partial charge in [0.15, 0.2) is 5.43 Å². The van der Waals surface area contributed by atoms with E-state index in [1.54, 1.807) is 35.5 Å². The molecule has 2 aromatic heterocycles. The van der Waals surface area contributed by atoms with Crippen LogP contribution in [0.5, 0.6) is 0 Å². The van der Waals surface area contributed by atoms with Crippen molar-refractivity contribution < 1.29 is 9.21 Å².